The molecule has 1 amide bonds. The van der Waals surface area contributed by atoms with Crippen LogP contribution in [0.15, 0.2) is 47.2 Å². The highest BCUT2D eigenvalue weighted by Gasteiger charge is 2.29. The lowest BCUT2D eigenvalue weighted by atomic mass is 10.2. The number of carbonyl (C=O) groups is 1. The van der Waals surface area contributed by atoms with Gasteiger partial charge in [0.25, 0.3) is 0 Å². The van der Waals surface area contributed by atoms with E-state index < -0.39 is 17.6 Å². The molecule has 0 fully saturated rings. The van der Waals surface area contributed by atoms with Gasteiger partial charge >= 0.3 is 6.18 Å². The minimum Gasteiger partial charge on any atom is -0.323 e. The fourth-order valence-electron chi connectivity index (χ4n) is 1.47. The van der Waals surface area contributed by atoms with Crippen LogP contribution in [0.3, 0.4) is 0 Å². The molecule has 1 aromatic carbocycles. The van der Waals surface area contributed by atoms with Crippen molar-refractivity contribution in [2.75, 3.05) is 5.32 Å². The first-order valence-electron chi connectivity index (χ1n) is 5.64. The normalized spacial score (nSPS) is 11.8. The van der Waals surface area contributed by atoms with Crippen molar-refractivity contribution in [3.63, 3.8) is 0 Å². The first kappa shape index (κ1) is 14.3. The Labute approximate surface area is 117 Å². The molecule has 1 N–H and O–H groups in total. The Balaban J connectivity index is 1.98. The molecule has 0 aliphatic heterocycles. The van der Waals surface area contributed by atoms with Gasteiger partial charge in [0, 0.05) is 11.8 Å². The smallest absolute Gasteiger partial charge is 0.323 e. The van der Waals surface area contributed by atoms with Crippen molar-refractivity contribution in [3.8, 4) is 0 Å². The van der Waals surface area contributed by atoms with Crippen molar-refractivity contribution in [2.24, 2.45) is 0 Å². The average Bonchev–Trinajstić information content (AvgIpc) is 2.89. The summed E-state index contributed by atoms with van der Waals surface area (Å²) >= 11 is 1.51. The minimum atomic E-state index is -4.37. The SMILES string of the molecule is O=C(C=Cc1ccsc1)Nc1ccc(C(F)(F)F)cc1. The molecule has 1 heterocycles. The second kappa shape index (κ2) is 5.92. The zero-order valence-corrected chi connectivity index (χ0v) is 11.0. The van der Waals surface area contributed by atoms with Gasteiger partial charge < -0.3 is 5.32 Å². The van der Waals surface area contributed by atoms with Crippen LogP contribution >= 0.6 is 11.3 Å². The van der Waals surface area contributed by atoms with Crippen molar-refractivity contribution in [1.82, 2.24) is 0 Å². The third-order valence-corrected chi connectivity index (χ3v) is 3.15. The molecule has 2 aromatic rings. The highest BCUT2D eigenvalue weighted by Crippen LogP contribution is 2.29. The standard InChI is InChI=1S/C14H10F3NOS/c15-14(16,17)11-2-4-12(5-3-11)18-13(19)6-1-10-7-8-20-9-10/h1-9H,(H,18,19). The van der Waals surface area contributed by atoms with Crippen LogP contribution in [-0.2, 0) is 11.0 Å². The molecule has 6 heteroatoms. The van der Waals surface area contributed by atoms with E-state index >= 15 is 0 Å². The van der Waals surface area contributed by atoms with E-state index in [4.69, 9.17) is 0 Å². The molecule has 104 valence electrons. The van der Waals surface area contributed by atoms with Crippen LogP contribution in [0.1, 0.15) is 11.1 Å². The summed E-state index contributed by atoms with van der Waals surface area (Å²) in [5.41, 5.74) is 0.472. The Bertz CT molecular complexity index is 600. The molecule has 0 saturated carbocycles. The Hall–Kier alpha value is -2.08. The lowest BCUT2D eigenvalue weighted by Crippen LogP contribution is -2.09. The van der Waals surface area contributed by atoms with Gasteiger partial charge in [-0.15, -0.1) is 0 Å². The zero-order chi connectivity index (χ0) is 14.6. The number of nitrogens with one attached hydrogen (secondary N) is 1. The van der Waals surface area contributed by atoms with Crippen LogP contribution in [0.2, 0.25) is 0 Å². The van der Waals surface area contributed by atoms with E-state index in [-0.39, 0.29) is 0 Å². The Kier molecular flexibility index (Phi) is 4.24. The highest BCUT2D eigenvalue weighted by molar-refractivity contribution is 7.08. The molecule has 0 bridgehead atoms. The molecule has 0 unspecified atom stereocenters. The molecule has 0 aliphatic carbocycles. The molecule has 0 radical (unpaired) electrons. The van der Waals surface area contributed by atoms with E-state index in [2.05, 4.69) is 5.32 Å². The predicted octanol–water partition coefficient (Wildman–Crippen LogP) is 4.42. The molecule has 0 aliphatic rings. The maximum atomic E-state index is 12.4. The van der Waals surface area contributed by atoms with Gasteiger partial charge in [0.15, 0.2) is 0 Å². The molecule has 0 saturated heterocycles. The molecule has 1 aromatic heterocycles. The van der Waals surface area contributed by atoms with Crippen LogP contribution in [0.25, 0.3) is 6.08 Å². The zero-order valence-electron chi connectivity index (χ0n) is 10.1. The molecule has 2 nitrogen and oxygen atoms in total. The van der Waals surface area contributed by atoms with E-state index in [9.17, 15) is 18.0 Å². The summed E-state index contributed by atoms with van der Waals surface area (Å²) in [5, 5.41) is 6.25. The van der Waals surface area contributed by atoms with Gasteiger partial charge in [-0.05, 0) is 52.7 Å². The van der Waals surface area contributed by atoms with Crippen LogP contribution in [0, 0.1) is 0 Å². The van der Waals surface area contributed by atoms with Crippen LogP contribution < -0.4 is 5.32 Å². The number of hydrogen-bond donors (Lipinski definition) is 1. The maximum Gasteiger partial charge on any atom is 0.416 e. The maximum absolute atomic E-state index is 12.4. The van der Waals surface area contributed by atoms with Gasteiger partial charge in [-0.3, -0.25) is 4.79 Å². The first-order chi connectivity index (χ1) is 9.45. The average molecular weight is 297 g/mol. The van der Waals surface area contributed by atoms with E-state index in [1.165, 1.54) is 29.5 Å². The fourth-order valence-corrected chi connectivity index (χ4v) is 2.10. The van der Waals surface area contributed by atoms with Gasteiger partial charge in [-0.25, -0.2) is 0 Å². The number of halogens is 3. The number of thiophene rings is 1. The third-order valence-electron chi connectivity index (χ3n) is 2.45. The minimum absolute atomic E-state index is 0.318. The van der Waals surface area contributed by atoms with E-state index in [0.29, 0.717) is 5.69 Å². The quantitative estimate of drug-likeness (QED) is 0.835. The summed E-state index contributed by atoms with van der Waals surface area (Å²) in [6.07, 6.45) is -1.41. The number of anilines is 1. The second-order valence-corrected chi connectivity index (χ2v) is 4.73. The number of rotatable bonds is 3. The van der Waals surface area contributed by atoms with Crippen molar-refractivity contribution in [2.45, 2.75) is 6.18 Å². The molecule has 0 spiro atoms. The Morgan fingerprint density at radius 1 is 1.15 bits per heavy atom. The molecule has 20 heavy (non-hydrogen) atoms. The lowest BCUT2D eigenvalue weighted by molar-refractivity contribution is -0.137. The largest absolute Gasteiger partial charge is 0.416 e. The third kappa shape index (κ3) is 3.96. The van der Waals surface area contributed by atoms with Crippen molar-refractivity contribution in [1.29, 1.82) is 0 Å². The Morgan fingerprint density at radius 2 is 1.85 bits per heavy atom. The van der Waals surface area contributed by atoms with Crippen LogP contribution in [0.4, 0.5) is 18.9 Å². The van der Waals surface area contributed by atoms with Crippen molar-refractivity contribution >= 4 is 29.0 Å². The first-order valence-corrected chi connectivity index (χ1v) is 6.58. The number of amides is 1. The summed E-state index contributed by atoms with van der Waals surface area (Å²) in [6.45, 7) is 0. The van der Waals surface area contributed by atoms with E-state index in [1.54, 1.807) is 6.08 Å². The van der Waals surface area contributed by atoms with Crippen molar-refractivity contribution in [3.05, 3.63) is 58.3 Å². The second-order valence-electron chi connectivity index (χ2n) is 3.95. The van der Waals surface area contributed by atoms with Crippen LogP contribution in [0.5, 0.6) is 0 Å². The number of alkyl halides is 3. The number of carbonyl (C=O) groups excluding carboxylic acids is 1. The van der Waals surface area contributed by atoms with Crippen molar-refractivity contribution < 1.29 is 18.0 Å². The van der Waals surface area contributed by atoms with Gasteiger partial charge in [-0.1, -0.05) is 0 Å². The summed E-state index contributed by atoms with van der Waals surface area (Å²) < 4.78 is 37.1. The summed E-state index contributed by atoms with van der Waals surface area (Å²) in [4.78, 5) is 11.6. The van der Waals surface area contributed by atoms with Gasteiger partial charge in [0.2, 0.25) is 5.91 Å². The molecular weight excluding hydrogens is 287 g/mol. The summed E-state index contributed by atoms with van der Waals surface area (Å²) in [5.74, 6) is -0.393. The summed E-state index contributed by atoms with van der Waals surface area (Å²) in [7, 11) is 0. The topological polar surface area (TPSA) is 29.1 Å². The Morgan fingerprint density at radius 3 is 2.40 bits per heavy atom. The molecule has 0 atom stereocenters. The van der Waals surface area contributed by atoms with Gasteiger partial charge in [0.1, 0.15) is 0 Å². The van der Waals surface area contributed by atoms with Crippen LogP contribution in [-0.4, -0.2) is 5.91 Å². The molecular formula is C14H10F3NOS. The monoisotopic (exact) mass is 297 g/mol. The van der Waals surface area contributed by atoms with Gasteiger partial charge in [-0.2, -0.15) is 24.5 Å². The summed E-state index contributed by atoms with van der Waals surface area (Å²) in [6, 6.07) is 6.15. The fraction of sp³-hybridized carbons (Fsp3) is 0.0714. The predicted molar refractivity (Wildman–Crippen MR) is 73.4 cm³/mol. The molecule has 2 rings (SSSR count). The number of hydrogen-bond acceptors (Lipinski definition) is 2. The number of benzene rings is 1. The van der Waals surface area contributed by atoms with E-state index in [0.717, 1.165) is 17.7 Å². The van der Waals surface area contributed by atoms with Gasteiger partial charge in [0.05, 0.1) is 5.56 Å². The van der Waals surface area contributed by atoms with E-state index in [1.807, 2.05) is 16.8 Å². The highest BCUT2D eigenvalue weighted by atomic mass is 32.1. The lowest BCUT2D eigenvalue weighted by Gasteiger charge is -2.07.